The minimum absolute atomic E-state index is 0.0188. The van der Waals surface area contributed by atoms with E-state index in [4.69, 9.17) is 5.73 Å². The topological polar surface area (TPSA) is 68.0 Å². The third-order valence-electron chi connectivity index (χ3n) is 2.11. The lowest BCUT2D eigenvalue weighted by atomic mass is 10.2. The molecule has 0 spiro atoms. The molecule has 15 heavy (non-hydrogen) atoms. The molecule has 84 valence electrons. The molecular weight excluding hydrogens is 210 g/mol. The van der Waals surface area contributed by atoms with Gasteiger partial charge in [0.15, 0.2) is 0 Å². The normalized spacial score (nSPS) is 14.7. The van der Waals surface area contributed by atoms with Crippen LogP contribution in [0.25, 0.3) is 0 Å². The lowest BCUT2D eigenvalue weighted by Gasteiger charge is -2.14. The second-order valence-electron chi connectivity index (χ2n) is 3.70. The van der Waals surface area contributed by atoms with Gasteiger partial charge in [-0.05, 0) is 27.7 Å². The molecule has 0 aliphatic carbocycles. The number of nitrogens with two attached hydrogens (primary N) is 1. The first kappa shape index (κ1) is 12.1. The van der Waals surface area contributed by atoms with E-state index in [1.807, 2.05) is 20.8 Å². The first-order valence-electron chi connectivity index (χ1n) is 4.91. The SMILES string of the molecule is Cc1nc(C)c(C(C)NC(=O)[C@@H](C)N)s1. The van der Waals surface area contributed by atoms with Crippen molar-refractivity contribution in [3.63, 3.8) is 0 Å². The molecule has 0 saturated carbocycles. The lowest BCUT2D eigenvalue weighted by molar-refractivity contribution is -0.122. The summed E-state index contributed by atoms with van der Waals surface area (Å²) in [5, 5.41) is 3.87. The number of hydrogen-bond acceptors (Lipinski definition) is 4. The Morgan fingerprint density at radius 2 is 2.07 bits per heavy atom. The van der Waals surface area contributed by atoms with E-state index in [0.717, 1.165) is 15.6 Å². The largest absolute Gasteiger partial charge is 0.347 e. The summed E-state index contributed by atoms with van der Waals surface area (Å²) in [6, 6.07) is -0.489. The third-order valence-corrected chi connectivity index (χ3v) is 3.36. The minimum Gasteiger partial charge on any atom is -0.347 e. The van der Waals surface area contributed by atoms with Gasteiger partial charge in [-0.25, -0.2) is 4.98 Å². The Balaban J connectivity index is 2.73. The number of thiazole rings is 1. The Morgan fingerprint density at radius 1 is 1.47 bits per heavy atom. The highest BCUT2D eigenvalue weighted by molar-refractivity contribution is 7.11. The first-order valence-corrected chi connectivity index (χ1v) is 5.73. The van der Waals surface area contributed by atoms with Crippen LogP contribution >= 0.6 is 11.3 Å². The molecule has 1 heterocycles. The van der Waals surface area contributed by atoms with Crippen molar-refractivity contribution >= 4 is 17.2 Å². The van der Waals surface area contributed by atoms with E-state index in [1.165, 1.54) is 0 Å². The highest BCUT2D eigenvalue weighted by atomic mass is 32.1. The summed E-state index contributed by atoms with van der Waals surface area (Å²) in [5.74, 6) is -0.132. The maximum Gasteiger partial charge on any atom is 0.237 e. The molecule has 0 fully saturated rings. The van der Waals surface area contributed by atoms with Gasteiger partial charge in [0.1, 0.15) is 0 Å². The fourth-order valence-corrected chi connectivity index (χ4v) is 2.29. The summed E-state index contributed by atoms with van der Waals surface area (Å²) in [6.45, 7) is 7.53. The third kappa shape index (κ3) is 3.00. The second-order valence-corrected chi connectivity index (χ2v) is 4.94. The first-order chi connectivity index (χ1) is 6.91. The molecule has 0 saturated heterocycles. The van der Waals surface area contributed by atoms with Crippen molar-refractivity contribution in [2.75, 3.05) is 0 Å². The number of carbonyl (C=O) groups is 1. The van der Waals surface area contributed by atoms with Crippen LogP contribution < -0.4 is 11.1 Å². The van der Waals surface area contributed by atoms with E-state index in [0.29, 0.717) is 0 Å². The standard InChI is InChI=1S/C10H17N3OS/c1-5(11)10(14)13-7(3)9-6(2)12-8(4)15-9/h5,7H,11H2,1-4H3,(H,13,14)/t5-,7?/m1/s1. The fraction of sp³-hybridized carbons (Fsp3) is 0.600. The van der Waals surface area contributed by atoms with Gasteiger partial charge < -0.3 is 11.1 Å². The van der Waals surface area contributed by atoms with Gasteiger partial charge >= 0.3 is 0 Å². The van der Waals surface area contributed by atoms with Crippen LogP contribution in [0.2, 0.25) is 0 Å². The maximum atomic E-state index is 11.4. The molecule has 0 aromatic carbocycles. The van der Waals surface area contributed by atoms with Crippen molar-refractivity contribution < 1.29 is 4.79 Å². The molecule has 1 rings (SSSR count). The van der Waals surface area contributed by atoms with Gasteiger partial charge in [-0.1, -0.05) is 0 Å². The molecule has 0 bridgehead atoms. The van der Waals surface area contributed by atoms with E-state index in [1.54, 1.807) is 18.3 Å². The highest BCUT2D eigenvalue weighted by Gasteiger charge is 2.16. The number of nitrogens with one attached hydrogen (secondary N) is 1. The van der Waals surface area contributed by atoms with Gasteiger partial charge in [-0.15, -0.1) is 11.3 Å². The van der Waals surface area contributed by atoms with Crippen LogP contribution in [0.3, 0.4) is 0 Å². The summed E-state index contributed by atoms with van der Waals surface area (Å²) in [7, 11) is 0. The van der Waals surface area contributed by atoms with Crippen LogP contribution in [-0.4, -0.2) is 16.9 Å². The molecule has 1 aromatic heterocycles. The Kier molecular flexibility index (Phi) is 3.82. The van der Waals surface area contributed by atoms with E-state index >= 15 is 0 Å². The summed E-state index contributed by atoms with van der Waals surface area (Å²) >= 11 is 1.61. The predicted octanol–water partition coefficient (Wildman–Crippen LogP) is 1.28. The number of rotatable bonds is 3. The smallest absolute Gasteiger partial charge is 0.237 e. The number of carbonyl (C=O) groups excluding carboxylic acids is 1. The van der Waals surface area contributed by atoms with E-state index in [2.05, 4.69) is 10.3 Å². The van der Waals surface area contributed by atoms with Crippen molar-refractivity contribution in [3.8, 4) is 0 Å². The average molecular weight is 227 g/mol. The quantitative estimate of drug-likeness (QED) is 0.817. The van der Waals surface area contributed by atoms with Crippen molar-refractivity contribution in [1.29, 1.82) is 0 Å². The van der Waals surface area contributed by atoms with Crippen LogP contribution in [0.5, 0.6) is 0 Å². The number of nitrogens with zero attached hydrogens (tertiary/aromatic N) is 1. The summed E-state index contributed by atoms with van der Waals surface area (Å²) in [4.78, 5) is 16.8. The molecular formula is C10H17N3OS. The van der Waals surface area contributed by atoms with Gasteiger partial charge in [-0.2, -0.15) is 0 Å². The Bertz CT molecular complexity index is 360. The molecule has 1 aromatic rings. The number of aryl methyl sites for hydroxylation is 2. The second kappa shape index (κ2) is 4.72. The van der Waals surface area contributed by atoms with Crippen LogP contribution in [0.1, 0.15) is 35.5 Å². The fourth-order valence-electron chi connectivity index (χ4n) is 1.36. The van der Waals surface area contributed by atoms with Gasteiger partial charge in [0, 0.05) is 4.88 Å². The monoisotopic (exact) mass is 227 g/mol. The van der Waals surface area contributed by atoms with Gasteiger partial charge in [0.25, 0.3) is 0 Å². The van der Waals surface area contributed by atoms with Gasteiger partial charge in [0.2, 0.25) is 5.91 Å². The number of hydrogen-bond donors (Lipinski definition) is 2. The Labute approximate surface area is 93.9 Å². The molecule has 5 heteroatoms. The molecule has 0 aliphatic rings. The van der Waals surface area contributed by atoms with Crippen molar-refractivity contribution in [2.24, 2.45) is 5.73 Å². The summed E-state index contributed by atoms with van der Waals surface area (Å²) < 4.78 is 0. The highest BCUT2D eigenvalue weighted by Crippen LogP contribution is 2.24. The Morgan fingerprint density at radius 3 is 2.47 bits per heavy atom. The molecule has 4 nitrogen and oxygen atoms in total. The van der Waals surface area contributed by atoms with Crippen LogP contribution in [0, 0.1) is 13.8 Å². The number of aromatic nitrogens is 1. The average Bonchev–Trinajstić information content (AvgIpc) is 2.44. The van der Waals surface area contributed by atoms with Crippen molar-refractivity contribution in [2.45, 2.75) is 39.8 Å². The van der Waals surface area contributed by atoms with Crippen molar-refractivity contribution in [1.82, 2.24) is 10.3 Å². The molecule has 0 radical (unpaired) electrons. The van der Waals surface area contributed by atoms with E-state index < -0.39 is 6.04 Å². The van der Waals surface area contributed by atoms with Gasteiger partial charge in [-0.3, -0.25) is 4.79 Å². The summed E-state index contributed by atoms with van der Waals surface area (Å²) in [5.41, 5.74) is 6.46. The molecule has 3 N–H and O–H groups in total. The zero-order valence-electron chi connectivity index (χ0n) is 9.50. The van der Waals surface area contributed by atoms with E-state index in [-0.39, 0.29) is 11.9 Å². The molecule has 1 unspecified atom stereocenters. The van der Waals surface area contributed by atoms with Crippen LogP contribution in [-0.2, 0) is 4.79 Å². The number of amides is 1. The zero-order chi connectivity index (χ0) is 11.6. The zero-order valence-corrected chi connectivity index (χ0v) is 10.3. The van der Waals surface area contributed by atoms with Crippen LogP contribution in [0.15, 0.2) is 0 Å². The molecule has 2 atom stereocenters. The molecule has 0 aliphatic heterocycles. The Hall–Kier alpha value is -0.940. The summed E-state index contributed by atoms with van der Waals surface area (Å²) in [6.07, 6.45) is 0. The van der Waals surface area contributed by atoms with E-state index in [9.17, 15) is 4.79 Å². The predicted molar refractivity (Wildman–Crippen MR) is 61.8 cm³/mol. The van der Waals surface area contributed by atoms with Crippen molar-refractivity contribution in [3.05, 3.63) is 15.6 Å². The minimum atomic E-state index is -0.471. The molecule has 1 amide bonds. The lowest BCUT2D eigenvalue weighted by Crippen LogP contribution is -2.39. The maximum absolute atomic E-state index is 11.4. The van der Waals surface area contributed by atoms with Gasteiger partial charge in [0.05, 0.1) is 22.8 Å². The van der Waals surface area contributed by atoms with Crippen LogP contribution in [0.4, 0.5) is 0 Å².